The van der Waals surface area contributed by atoms with Gasteiger partial charge in [-0.1, -0.05) is 36.4 Å². The van der Waals surface area contributed by atoms with Crippen LogP contribution in [-0.4, -0.2) is 8.42 Å². The summed E-state index contributed by atoms with van der Waals surface area (Å²) in [5.41, 5.74) is 0. The summed E-state index contributed by atoms with van der Waals surface area (Å²) < 4.78 is 23.3. The van der Waals surface area contributed by atoms with E-state index < -0.39 is 9.84 Å². The molecule has 2 nitrogen and oxygen atoms in total. The molecule has 0 unspecified atom stereocenters. The molecule has 0 spiro atoms. The first kappa shape index (κ1) is 17.6. The summed E-state index contributed by atoms with van der Waals surface area (Å²) in [6.45, 7) is 0. The number of hydrogen-bond donors (Lipinski definition) is 0. The summed E-state index contributed by atoms with van der Waals surface area (Å²) in [5, 5.41) is 9.25. The zero-order chi connectivity index (χ0) is 17.5. The fourth-order valence-corrected chi connectivity index (χ4v) is 4.46. The Bertz CT molecular complexity index is 971. The molecule has 25 heavy (non-hydrogen) atoms. The number of allylic oxidation sites excluding steroid dienone is 2. The third kappa shape index (κ3) is 5.13. The predicted octanol–water partition coefficient (Wildman–Crippen LogP) is 6.24. The molecule has 0 N–H and O–H groups in total. The third-order valence-corrected chi connectivity index (χ3v) is 6.24. The number of thiophene rings is 2. The van der Waals surface area contributed by atoms with Crippen LogP contribution in [0.3, 0.4) is 0 Å². The van der Waals surface area contributed by atoms with E-state index in [9.17, 15) is 8.42 Å². The summed E-state index contributed by atoms with van der Waals surface area (Å²) in [6, 6.07) is 21.1. The van der Waals surface area contributed by atoms with E-state index in [4.69, 9.17) is 0 Å². The van der Waals surface area contributed by atoms with Gasteiger partial charge in [-0.15, -0.1) is 22.7 Å². The number of hydrogen-bond acceptors (Lipinski definition) is 4. The van der Waals surface area contributed by atoms with E-state index in [0.717, 1.165) is 10.8 Å². The van der Waals surface area contributed by atoms with Crippen LogP contribution in [0.4, 0.5) is 0 Å². The van der Waals surface area contributed by atoms with Crippen LogP contribution in [0, 0.1) is 0 Å². The van der Waals surface area contributed by atoms with Crippen LogP contribution >= 0.6 is 22.7 Å². The van der Waals surface area contributed by atoms with E-state index in [1.807, 2.05) is 0 Å². The molecular formula is C20H16O2S3. The number of fused-ring (bicyclic) bond motifs is 2. The molecule has 0 saturated heterocycles. The zero-order valence-electron chi connectivity index (χ0n) is 13.3. The molecule has 126 valence electrons. The molecule has 0 atom stereocenters. The summed E-state index contributed by atoms with van der Waals surface area (Å²) in [6.07, 6.45) is 2.99. The van der Waals surface area contributed by atoms with Crippen molar-refractivity contribution in [2.45, 2.75) is 0 Å². The van der Waals surface area contributed by atoms with Crippen LogP contribution in [0.2, 0.25) is 0 Å². The highest BCUT2D eigenvalue weighted by molar-refractivity contribution is 7.97. The minimum Gasteiger partial charge on any atom is -0.220 e. The molecular weight excluding hydrogens is 368 g/mol. The van der Waals surface area contributed by atoms with E-state index in [0.29, 0.717) is 0 Å². The maximum Gasteiger partial charge on any atom is 0.193 e. The van der Waals surface area contributed by atoms with Gasteiger partial charge < -0.3 is 0 Å². The fourth-order valence-electron chi connectivity index (χ4n) is 2.17. The Kier molecular flexibility index (Phi) is 5.81. The average Bonchev–Trinajstić information content (AvgIpc) is 3.35. The Morgan fingerprint density at radius 3 is 1.40 bits per heavy atom. The second kappa shape index (κ2) is 8.25. The Balaban J connectivity index is 0.000000111. The van der Waals surface area contributed by atoms with E-state index in [1.165, 1.54) is 32.3 Å². The van der Waals surface area contributed by atoms with Crippen LogP contribution in [0.1, 0.15) is 0 Å². The van der Waals surface area contributed by atoms with Gasteiger partial charge in [0.2, 0.25) is 0 Å². The quantitative estimate of drug-likeness (QED) is 0.359. The van der Waals surface area contributed by atoms with Crippen molar-refractivity contribution in [2.75, 3.05) is 0 Å². The lowest BCUT2D eigenvalue weighted by Gasteiger charge is -1.82. The monoisotopic (exact) mass is 384 g/mol. The lowest BCUT2D eigenvalue weighted by Crippen LogP contribution is -1.80. The molecule has 2 aromatic carbocycles. The van der Waals surface area contributed by atoms with Crippen molar-refractivity contribution in [3.63, 3.8) is 0 Å². The maximum absolute atomic E-state index is 10.3. The Hall–Kier alpha value is -2.21. The Morgan fingerprint density at radius 1 is 0.600 bits per heavy atom. The van der Waals surface area contributed by atoms with Gasteiger partial charge in [0.1, 0.15) is 0 Å². The van der Waals surface area contributed by atoms with Gasteiger partial charge in [0, 0.05) is 20.2 Å². The minimum atomic E-state index is -2.91. The second-order valence-corrected chi connectivity index (χ2v) is 8.78. The Labute approximate surface area is 155 Å². The first-order chi connectivity index (χ1) is 12.1. The topological polar surface area (TPSA) is 34.1 Å². The van der Waals surface area contributed by atoms with Crippen molar-refractivity contribution in [1.82, 2.24) is 0 Å². The highest BCUT2D eigenvalue weighted by Gasteiger charge is 2.00. The van der Waals surface area contributed by atoms with Crippen LogP contribution in [-0.2, 0) is 9.84 Å². The SMILES string of the molecule is O=S1(=O)C=CC=C1.c1ccc2sccc2c1.c1ccc2sccc2c1. The zero-order valence-corrected chi connectivity index (χ0v) is 15.7. The van der Waals surface area contributed by atoms with Crippen molar-refractivity contribution < 1.29 is 8.42 Å². The molecule has 0 saturated carbocycles. The molecule has 1 aliphatic rings. The van der Waals surface area contributed by atoms with Crippen molar-refractivity contribution in [3.05, 3.63) is 94.4 Å². The molecule has 2 aromatic heterocycles. The third-order valence-electron chi connectivity index (χ3n) is 3.37. The summed E-state index contributed by atoms with van der Waals surface area (Å²) in [5.74, 6) is 0. The first-order valence-corrected chi connectivity index (χ1v) is 11.0. The fraction of sp³-hybridized carbons (Fsp3) is 0. The molecule has 0 bridgehead atoms. The van der Waals surface area contributed by atoms with Gasteiger partial charge in [-0.05, 0) is 58.0 Å². The van der Waals surface area contributed by atoms with Crippen molar-refractivity contribution >= 4 is 52.7 Å². The smallest absolute Gasteiger partial charge is 0.193 e. The average molecular weight is 385 g/mol. The van der Waals surface area contributed by atoms with Crippen molar-refractivity contribution in [1.29, 1.82) is 0 Å². The molecule has 0 amide bonds. The maximum atomic E-state index is 10.3. The first-order valence-electron chi connectivity index (χ1n) is 7.58. The lowest BCUT2D eigenvalue weighted by molar-refractivity contribution is 0.613. The van der Waals surface area contributed by atoms with Gasteiger partial charge in [-0.3, -0.25) is 0 Å². The van der Waals surface area contributed by atoms with E-state index >= 15 is 0 Å². The van der Waals surface area contributed by atoms with Crippen LogP contribution in [0.15, 0.2) is 94.4 Å². The van der Waals surface area contributed by atoms with Gasteiger partial charge >= 0.3 is 0 Å². The summed E-state index contributed by atoms with van der Waals surface area (Å²) >= 11 is 3.57. The predicted molar refractivity (Wildman–Crippen MR) is 111 cm³/mol. The summed E-state index contributed by atoms with van der Waals surface area (Å²) in [7, 11) is -2.91. The summed E-state index contributed by atoms with van der Waals surface area (Å²) in [4.78, 5) is 0. The van der Waals surface area contributed by atoms with Gasteiger partial charge in [0.05, 0.1) is 0 Å². The van der Waals surface area contributed by atoms with Crippen molar-refractivity contribution in [2.24, 2.45) is 0 Å². The molecule has 1 aliphatic heterocycles. The lowest BCUT2D eigenvalue weighted by atomic mass is 10.3. The molecule has 5 heteroatoms. The molecule has 4 aromatic rings. The molecule has 5 rings (SSSR count). The van der Waals surface area contributed by atoms with E-state index in [1.54, 1.807) is 22.7 Å². The largest absolute Gasteiger partial charge is 0.220 e. The highest BCUT2D eigenvalue weighted by Crippen LogP contribution is 2.19. The number of rotatable bonds is 0. The molecule has 0 aliphatic carbocycles. The van der Waals surface area contributed by atoms with E-state index in [-0.39, 0.29) is 0 Å². The van der Waals surface area contributed by atoms with Gasteiger partial charge in [-0.2, -0.15) is 0 Å². The van der Waals surface area contributed by atoms with Gasteiger partial charge in [0.15, 0.2) is 9.84 Å². The standard InChI is InChI=1S/2C8H6S.C4H4O2S/c2*1-2-4-8-7(3-1)5-6-9-8;5-7(6)3-1-2-4-7/h2*1-6H;1-4H. The number of benzene rings is 2. The molecule has 3 heterocycles. The highest BCUT2D eigenvalue weighted by atomic mass is 32.2. The van der Waals surface area contributed by atoms with Crippen LogP contribution in [0.25, 0.3) is 20.2 Å². The van der Waals surface area contributed by atoms with Gasteiger partial charge in [-0.25, -0.2) is 8.42 Å². The second-order valence-electron chi connectivity index (χ2n) is 5.16. The minimum absolute atomic E-state index is 1.16. The normalized spacial score (nSPS) is 13.9. The van der Waals surface area contributed by atoms with Crippen molar-refractivity contribution in [3.8, 4) is 0 Å². The number of sulfone groups is 1. The Morgan fingerprint density at radius 2 is 1.04 bits per heavy atom. The van der Waals surface area contributed by atoms with Crippen LogP contribution in [0.5, 0.6) is 0 Å². The van der Waals surface area contributed by atoms with Gasteiger partial charge in [0.25, 0.3) is 0 Å². The van der Waals surface area contributed by atoms with Crippen LogP contribution < -0.4 is 0 Å². The molecule has 0 radical (unpaired) electrons. The molecule has 0 fully saturated rings. The van der Waals surface area contributed by atoms with E-state index in [2.05, 4.69) is 71.4 Å².